The first kappa shape index (κ1) is 27.0. The first-order valence-electron chi connectivity index (χ1n) is 14.2. The van der Waals surface area contributed by atoms with E-state index < -0.39 is 5.54 Å². The predicted octanol–water partition coefficient (Wildman–Crippen LogP) is 2.93. The molecule has 39 heavy (non-hydrogen) atoms. The van der Waals surface area contributed by atoms with Crippen LogP contribution in [0.4, 0.5) is 5.69 Å². The standard InChI is InChI=1S/C29H40N6O4/c1-4-5-13-34-27(37)25-19-24(31-35(25)20-29(34,2)28(38)30-21-9-6-7-10-21)26(36)33-16-14-32(15-17-33)22-11-8-12-23(18-22)39-3/h8,11-12,18-19,21H,4-7,9-10,13-17,20H2,1-3H3,(H,30,38). The first-order chi connectivity index (χ1) is 18.8. The lowest BCUT2D eigenvalue weighted by Gasteiger charge is -2.43. The minimum Gasteiger partial charge on any atom is -0.497 e. The van der Waals surface area contributed by atoms with Crippen molar-refractivity contribution in [3.05, 3.63) is 41.7 Å². The molecule has 0 bridgehead atoms. The van der Waals surface area contributed by atoms with Crippen LogP contribution >= 0.6 is 0 Å². The van der Waals surface area contributed by atoms with Crippen LogP contribution in [0.15, 0.2) is 30.3 Å². The number of carbonyl (C=O) groups is 3. The molecule has 1 unspecified atom stereocenters. The zero-order chi connectivity index (χ0) is 27.6. The number of fused-ring (bicyclic) bond motifs is 1. The molecule has 1 N–H and O–H groups in total. The van der Waals surface area contributed by atoms with E-state index in [1.54, 1.807) is 27.7 Å². The number of aromatic nitrogens is 2. The molecule has 5 rings (SSSR count). The van der Waals surface area contributed by atoms with Gasteiger partial charge >= 0.3 is 0 Å². The summed E-state index contributed by atoms with van der Waals surface area (Å²) >= 11 is 0. The number of carbonyl (C=O) groups excluding carboxylic acids is 3. The summed E-state index contributed by atoms with van der Waals surface area (Å²) in [7, 11) is 1.65. The van der Waals surface area contributed by atoms with Gasteiger partial charge in [-0.15, -0.1) is 0 Å². The van der Waals surface area contributed by atoms with Crippen molar-refractivity contribution in [2.24, 2.45) is 0 Å². The molecule has 2 aliphatic heterocycles. The topological polar surface area (TPSA) is 100 Å². The van der Waals surface area contributed by atoms with Gasteiger partial charge in [0.25, 0.3) is 11.8 Å². The van der Waals surface area contributed by atoms with Gasteiger partial charge < -0.3 is 24.8 Å². The van der Waals surface area contributed by atoms with Crippen LogP contribution in [0.5, 0.6) is 5.75 Å². The highest BCUT2D eigenvalue weighted by Gasteiger charge is 2.48. The summed E-state index contributed by atoms with van der Waals surface area (Å²) in [6.45, 7) is 7.10. The zero-order valence-corrected chi connectivity index (χ0v) is 23.3. The minimum absolute atomic E-state index is 0.137. The maximum Gasteiger partial charge on any atom is 0.274 e. The number of unbranched alkanes of at least 4 members (excludes halogenated alkanes) is 1. The molecule has 10 nitrogen and oxygen atoms in total. The van der Waals surface area contributed by atoms with Crippen LogP contribution in [0, 0.1) is 0 Å². The van der Waals surface area contributed by atoms with Crippen LogP contribution in [0.25, 0.3) is 0 Å². The van der Waals surface area contributed by atoms with E-state index in [0.29, 0.717) is 38.4 Å². The third kappa shape index (κ3) is 5.33. The van der Waals surface area contributed by atoms with Crippen molar-refractivity contribution in [3.8, 4) is 5.75 Å². The van der Waals surface area contributed by atoms with Crippen LogP contribution in [0.2, 0.25) is 0 Å². The average Bonchev–Trinajstić information content (AvgIpc) is 3.63. The third-order valence-electron chi connectivity index (χ3n) is 8.42. The maximum atomic E-state index is 13.7. The minimum atomic E-state index is -1.06. The van der Waals surface area contributed by atoms with Crippen molar-refractivity contribution in [3.63, 3.8) is 0 Å². The molecular weight excluding hydrogens is 496 g/mol. The lowest BCUT2D eigenvalue weighted by atomic mass is 9.94. The van der Waals surface area contributed by atoms with Gasteiger partial charge in [0, 0.05) is 56.6 Å². The second-order valence-corrected chi connectivity index (χ2v) is 11.1. The SMILES string of the molecule is CCCCN1C(=O)c2cc(C(=O)N3CCN(c4cccc(OC)c4)CC3)nn2CC1(C)C(=O)NC1CCCC1. The highest BCUT2D eigenvalue weighted by Crippen LogP contribution is 2.30. The Balaban J connectivity index is 1.31. The number of benzene rings is 1. The van der Waals surface area contributed by atoms with Crippen molar-refractivity contribution in [2.45, 2.75) is 70.5 Å². The molecule has 2 fully saturated rings. The summed E-state index contributed by atoms with van der Waals surface area (Å²) < 4.78 is 6.91. The van der Waals surface area contributed by atoms with E-state index in [2.05, 4.69) is 22.2 Å². The van der Waals surface area contributed by atoms with Gasteiger partial charge in [-0.2, -0.15) is 5.10 Å². The molecule has 1 saturated heterocycles. The van der Waals surface area contributed by atoms with E-state index in [0.717, 1.165) is 50.0 Å². The van der Waals surface area contributed by atoms with Crippen LogP contribution in [0.3, 0.4) is 0 Å². The molecular formula is C29H40N6O4. The quantitative estimate of drug-likeness (QED) is 0.557. The molecule has 0 radical (unpaired) electrons. The number of anilines is 1. The largest absolute Gasteiger partial charge is 0.497 e. The Labute approximate surface area is 230 Å². The van der Waals surface area contributed by atoms with Crippen LogP contribution < -0.4 is 15.0 Å². The smallest absolute Gasteiger partial charge is 0.274 e. The summed E-state index contributed by atoms with van der Waals surface area (Å²) in [5, 5.41) is 7.76. The Morgan fingerprint density at radius 3 is 2.56 bits per heavy atom. The van der Waals surface area contributed by atoms with E-state index in [1.165, 1.54) is 0 Å². The lowest BCUT2D eigenvalue weighted by molar-refractivity contribution is -0.133. The highest BCUT2D eigenvalue weighted by molar-refractivity contribution is 6.02. The average molecular weight is 537 g/mol. The molecule has 3 amide bonds. The normalized spacial score (nSPS) is 21.7. The zero-order valence-electron chi connectivity index (χ0n) is 23.3. The molecule has 10 heteroatoms. The predicted molar refractivity (Wildman–Crippen MR) is 148 cm³/mol. The van der Waals surface area contributed by atoms with E-state index in [-0.39, 0.29) is 36.0 Å². The van der Waals surface area contributed by atoms with Gasteiger partial charge in [0.15, 0.2) is 5.69 Å². The lowest BCUT2D eigenvalue weighted by Crippen LogP contribution is -2.65. The Hall–Kier alpha value is -3.56. The van der Waals surface area contributed by atoms with Crippen LogP contribution in [0.1, 0.15) is 73.3 Å². The Bertz CT molecular complexity index is 1210. The van der Waals surface area contributed by atoms with Crippen molar-refractivity contribution >= 4 is 23.4 Å². The number of hydrogen-bond donors (Lipinski definition) is 1. The Morgan fingerprint density at radius 1 is 1.13 bits per heavy atom. The molecule has 2 aromatic rings. The first-order valence-corrected chi connectivity index (χ1v) is 14.2. The van der Waals surface area contributed by atoms with Gasteiger partial charge in [-0.3, -0.25) is 19.1 Å². The van der Waals surface area contributed by atoms with Gasteiger partial charge in [0.2, 0.25) is 5.91 Å². The van der Waals surface area contributed by atoms with Crippen molar-refractivity contribution in [2.75, 3.05) is 44.7 Å². The summed E-state index contributed by atoms with van der Waals surface area (Å²) in [5.74, 6) is 0.234. The van der Waals surface area contributed by atoms with Crippen molar-refractivity contribution in [1.82, 2.24) is 24.9 Å². The molecule has 1 saturated carbocycles. The van der Waals surface area contributed by atoms with E-state index >= 15 is 0 Å². The molecule has 1 aliphatic carbocycles. The number of piperazine rings is 1. The fourth-order valence-corrected chi connectivity index (χ4v) is 5.96. The van der Waals surface area contributed by atoms with Crippen LogP contribution in [-0.2, 0) is 11.3 Å². The summed E-state index contributed by atoms with van der Waals surface area (Å²) in [4.78, 5) is 46.4. The van der Waals surface area contributed by atoms with Gasteiger partial charge in [-0.05, 0) is 38.3 Å². The molecule has 1 atom stereocenters. The Morgan fingerprint density at radius 2 is 1.87 bits per heavy atom. The molecule has 3 heterocycles. The summed E-state index contributed by atoms with van der Waals surface area (Å²) in [5.41, 5.74) is 0.628. The highest BCUT2D eigenvalue weighted by atomic mass is 16.5. The number of nitrogens with one attached hydrogen (secondary N) is 1. The molecule has 210 valence electrons. The van der Waals surface area contributed by atoms with Crippen molar-refractivity contribution in [1.29, 1.82) is 0 Å². The fraction of sp³-hybridized carbons (Fsp3) is 0.586. The van der Waals surface area contributed by atoms with E-state index in [9.17, 15) is 14.4 Å². The van der Waals surface area contributed by atoms with Crippen LogP contribution in [-0.4, -0.2) is 88.7 Å². The van der Waals surface area contributed by atoms with Gasteiger partial charge in [0.1, 0.15) is 17.0 Å². The number of rotatable bonds is 8. The van der Waals surface area contributed by atoms with Gasteiger partial charge in [-0.1, -0.05) is 32.3 Å². The summed E-state index contributed by atoms with van der Waals surface area (Å²) in [6, 6.07) is 9.67. The van der Waals surface area contributed by atoms with Gasteiger partial charge in [-0.25, -0.2) is 0 Å². The second kappa shape index (κ2) is 11.3. The maximum absolute atomic E-state index is 13.7. The molecule has 1 aromatic heterocycles. The Kier molecular flexibility index (Phi) is 7.81. The van der Waals surface area contributed by atoms with Gasteiger partial charge in [0.05, 0.1) is 13.7 Å². The number of methoxy groups -OCH3 is 1. The molecule has 3 aliphatic rings. The van der Waals surface area contributed by atoms with E-state index in [4.69, 9.17) is 4.74 Å². The molecule has 0 spiro atoms. The second-order valence-electron chi connectivity index (χ2n) is 11.1. The van der Waals surface area contributed by atoms with Crippen molar-refractivity contribution < 1.29 is 19.1 Å². The number of nitrogens with zero attached hydrogens (tertiary/aromatic N) is 5. The monoisotopic (exact) mass is 536 g/mol. The van der Waals surface area contributed by atoms with E-state index in [1.807, 2.05) is 31.2 Å². The fourth-order valence-electron chi connectivity index (χ4n) is 5.96. The summed E-state index contributed by atoms with van der Waals surface area (Å²) in [6.07, 6.45) is 5.89. The number of amides is 3. The third-order valence-corrected chi connectivity index (χ3v) is 8.42. The number of hydrogen-bond acceptors (Lipinski definition) is 6. The number of ether oxygens (including phenoxy) is 1. The molecule has 1 aromatic carbocycles.